The number of nitrogens with zero attached hydrogens (tertiary/aromatic N) is 6. The third-order valence-electron chi connectivity index (χ3n) is 5.73. The Bertz CT molecular complexity index is 1040. The number of fused-ring (bicyclic) bond motifs is 3. The van der Waals surface area contributed by atoms with Crippen molar-refractivity contribution in [1.82, 2.24) is 30.2 Å². The fourth-order valence-electron chi connectivity index (χ4n) is 4.12. The minimum Gasteiger partial charge on any atom is -0.321 e. The molecule has 8 nitrogen and oxygen atoms in total. The molecule has 28 heavy (non-hydrogen) atoms. The monoisotopic (exact) mass is 395 g/mol. The number of piperazine rings is 1. The second-order valence-electron chi connectivity index (χ2n) is 7.52. The molecular weight excluding hydrogens is 374 g/mol. The summed E-state index contributed by atoms with van der Waals surface area (Å²) >= 11 is 1.55. The summed E-state index contributed by atoms with van der Waals surface area (Å²) in [5.74, 6) is 0.467. The van der Waals surface area contributed by atoms with Gasteiger partial charge in [-0.3, -0.25) is 10.2 Å². The van der Waals surface area contributed by atoms with E-state index in [0.717, 1.165) is 52.4 Å². The molecule has 3 aromatic rings. The highest BCUT2D eigenvalue weighted by atomic mass is 32.1. The van der Waals surface area contributed by atoms with E-state index in [9.17, 15) is 4.79 Å². The number of likely N-dealkylation sites (tertiary alicyclic amines) is 1. The van der Waals surface area contributed by atoms with Gasteiger partial charge in [0.15, 0.2) is 5.82 Å². The Morgan fingerprint density at radius 3 is 2.61 bits per heavy atom. The molecule has 0 aliphatic carbocycles. The van der Waals surface area contributed by atoms with Crippen LogP contribution in [0.4, 0.5) is 10.6 Å². The number of likely N-dealkylation sites (N-methyl/N-ethyl adjacent to an activating group) is 1. The number of aromatic nitrogens is 4. The van der Waals surface area contributed by atoms with Crippen LogP contribution in [0.25, 0.3) is 21.5 Å². The lowest BCUT2D eigenvalue weighted by Gasteiger charge is -2.38. The highest BCUT2D eigenvalue weighted by Gasteiger charge is 2.39. The molecule has 9 heteroatoms. The van der Waals surface area contributed by atoms with E-state index < -0.39 is 0 Å². The van der Waals surface area contributed by atoms with Gasteiger partial charge in [0, 0.05) is 36.1 Å². The fourth-order valence-corrected chi connectivity index (χ4v) is 4.81. The first-order chi connectivity index (χ1) is 13.6. The minimum absolute atomic E-state index is 0.102. The fraction of sp³-hybridized carbons (Fsp3) is 0.421. The van der Waals surface area contributed by atoms with Crippen LogP contribution in [0.5, 0.6) is 0 Å². The van der Waals surface area contributed by atoms with Gasteiger partial charge in [-0.2, -0.15) is 0 Å². The number of aryl methyl sites for hydroxylation is 1. The number of carbonyl (C=O) groups excluding carboxylic acids is 1. The van der Waals surface area contributed by atoms with Gasteiger partial charge in [-0.05, 0) is 51.1 Å². The minimum atomic E-state index is -0.102. The molecule has 2 aliphatic heterocycles. The summed E-state index contributed by atoms with van der Waals surface area (Å²) in [5, 5.41) is 22.3. The lowest BCUT2D eigenvalue weighted by molar-refractivity contribution is 0.110. The maximum absolute atomic E-state index is 12.7. The molecule has 2 unspecified atom stereocenters. The normalized spacial score (nSPS) is 22.0. The van der Waals surface area contributed by atoms with Crippen molar-refractivity contribution in [2.75, 3.05) is 25.5 Å². The highest BCUT2D eigenvalue weighted by Crippen LogP contribution is 2.29. The maximum atomic E-state index is 12.7. The number of hydrogen-bond acceptors (Lipinski definition) is 7. The first-order valence-electron chi connectivity index (χ1n) is 9.42. The van der Waals surface area contributed by atoms with Crippen molar-refractivity contribution in [3.8, 4) is 10.6 Å². The van der Waals surface area contributed by atoms with Crippen molar-refractivity contribution in [3.63, 3.8) is 0 Å². The van der Waals surface area contributed by atoms with E-state index in [4.69, 9.17) is 0 Å². The summed E-state index contributed by atoms with van der Waals surface area (Å²) in [4.78, 5) is 17.0. The lowest BCUT2D eigenvalue weighted by atomic mass is 10.1. The topological polar surface area (TPSA) is 87.1 Å². The second-order valence-corrected chi connectivity index (χ2v) is 8.70. The third kappa shape index (κ3) is 3.10. The lowest BCUT2D eigenvalue weighted by Crippen LogP contribution is -2.54. The Morgan fingerprint density at radius 2 is 1.89 bits per heavy atom. The van der Waals surface area contributed by atoms with Crippen molar-refractivity contribution in [3.05, 3.63) is 29.3 Å². The SMILES string of the molecule is Cc1nnc(-c2ccc3nnc(NC(=O)N4CC5CCC(C4)N5C)cc3c2)s1. The molecule has 144 valence electrons. The van der Waals surface area contributed by atoms with Gasteiger partial charge in [0.05, 0.1) is 5.52 Å². The van der Waals surface area contributed by atoms with Crippen molar-refractivity contribution in [2.24, 2.45) is 0 Å². The van der Waals surface area contributed by atoms with Gasteiger partial charge >= 0.3 is 6.03 Å². The highest BCUT2D eigenvalue weighted by molar-refractivity contribution is 7.14. The first-order valence-corrected chi connectivity index (χ1v) is 10.2. The van der Waals surface area contributed by atoms with Gasteiger partial charge in [-0.25, -0.2) is 4.79 Å². The van der Waals surface area contributed by atoms with Gasteiger partial charge in [0.2, 0.25) is 0 Å². The smallest absolute Gasteiger partial charge is 0.321 e. The van der Waals surface area contributed by atoms with E-state index in [1.165, 1.54) is 0 Å². The van der Waals surface area contributed by atoms with Gasteiger partial charge in [-0.1, -0.05) is 11.3 Å². The molecule has 4 heterocycles. The molecule has 2 fully saturated rings. The average molecular weight is 395 g/mol. The van der Waals surface area contributed by atoms with Gasteiger partial charge in [-0.15, -0.1) is 20.4 Å². The summed E-state index contributed by atoms with van der Waals surface area (Å²) in [6, 6.07) is 8.58. The molecule has 1 aromatic carbocycles. The summed E-state index contributed by atoms with van der Waals surface area (Å²) < 4.78 is 0. The predicted octanol–water partition coefficient (Wildman–Crippen LogP) is 2.77. The largest absolute Gasteiger partial charge is 0.323 e. The molecule has 0 radical (unpaired) electrons. The van der Waals surface area contributed by atoms with E-state index in [1.807, 2.05) is 36.1 Å². The van der Waals surface area contributed by atoms with Crippen molar-refractivity contribution >= 4 is 34.1 Å². The second kappa shape index (κ2) is 6.75. The number of carbonyl (C=O) groups is 1. The van der Waals surface area contributed by atoms with Gasteiger partial charge in [0.25, 0.3) is 0 Å². The van der Waals surface area contributed by atoms with Crippen molar-refractivity contribution < 1.29 is 4.79 Å². The number of benzene rings is 1. The van der Waals surface area contributed by atoms with E-state index in [1.54, 1.807) is 11.3 Å². The van der Waals surface area contributed by atoms with Crippen LogP contribution in [0.3, 0.4) is 0 Å². The van der Waals surface area contributed by atoms with Crippen LogP contribution >= 0.6 is 11.3 Å². The van der Waals surface area contributed by atoms with E-state index in [-0.39, 0.29) is 6.03 Å². The molecule has 2 aliphatic rings. The standard InChI is InChI=1S/C19H21N7OS/c1-11-21-24-18(28-11)12-3-6-16-13(7-12)8-17(23-22-16)20-19(27)26-9-14-4-5-15(10-26)25(14)2/h3,6-8,14-15H,4-5,9-10H2,1-2H3,(H,20,23,27). The molecule has 0 spiro atoms. The van der Waals surface area contributed by atoms with E-state index >= 15 is 0 Å². The molecule has 2 amide bonds. The van der Waals surface area contributed by atoms with Gasteiger partial charge in [0.1, 0.15) is 10.0 Å². The van der Waals surface area contributed by atoms with Crippen LogP contribution in [-0.2, 0) is 0 Å². The van der Waals surface area contributed by atoms with E-state index in [0.29, 0.717) is 17.9 Å². The summed E-state index contributed by atoms with van der Waals surface area (Å²) in [7, 11) is 2.16. The number of anilines is 1. The maximum Gasteiger partial charge on any atom is 0.323 e. The zero-order valence-electron chi connectivity index (χ0n) is 15.8. The number of urea groups is 1. The Morgan fingerprint density at radius 1 is 1.11 bits per heavy atom. The van der Waals surface area contributed by atoms with Crippen LogP contribution in [0, 0.1) is 6.92 Å². The Balaban J connectivity index is 1.36. The van der Waals surface area contributed by atoms with Crippen LogP contribution in [0.2, 0.25) is 0 Å². The van der Waals surface area contributed by atoms with Crippen molar-refractivity contribution in [1.29, 1.82) is 0 Å². The molecule has 2 bridgehead atoms. The Hall–Kier alpha value is -2.65. The van der Waals surface area contributed by atoms with Crippen molar-refractivity contribution in [2.45, 2.75) is 31.8 Å². The van der Waals surface area contributed by atoms with E-state index in [2.05, 4.69) is 37.7 Å². The van der Waals surface area contributed by atoms with Gasteiger partial charge < -0.3 is 4.90 Å². The summed E-state index contributed by atoms with van der Waals surface area (Å²) in [6.45, 7) is 3.46. The number of nitrogens with one attached hydrogen (secondary N) is 1. The molecule has 2 saturated heterocycles. The molecule has 5 rings (SSSR count). The van der Waals surface area contributed by atoms with Crippen LogP contribution < -0.4 is 5.32 Å². The first kappa shape index (κ1) is 17.4. The summed E-state index contributed by atoms with van der Waals surface area (Å²) in [5.41, 5.74) is 1.76. The number of hydrogen-bond donors (Lipinski definition) is 1. The van der Waals surface area contributed by atoms with Crippen LogP contribution in [0.15, 0.2) is 24.3 Å². The molecule has 2 aromatic heterocycles. The molecular formula is C19H21N7OS. The number of rotatable bonds is 2. The number of amides is 2. The van der Waals surface area contributed by atoms with Crippen LogP contribution in [-0.4, -0.2) is 68.4 Å². The quantitative estimate of drug-likeness (QED) is 0.718. The summed E-state index contributed by atoms with van der Waals surface area (Å²) in [6.07, 6.45) is 2.32. The zero-order valence-corrected chi connectivity index (χ0v) is 16.6. The Labute approximate surface area is 166 Å². The van der Waals surface area contributed by atoms with Crippen LogP contribution in [0.1, 0.15) is 17.8 Å². The predicted molar refractivity (Wildman–Crippen MR) is 108 cm³/mol. The molecule has 1 N–H and O–H groups in total. The molecule has 0 saturated carbocycles. The molecule has 2 atom stereocenters. The average Bonchev–Trinajstić information content (AvgIpc) is 3.19. The zero-order chi connectivity index (χ0) is 19.3. The third-order valence-corrected chi connectivity index (χ3v) is 6.62. The Kier molecular flexibility index (Phi) is 4.21.